The number of ether oxygens (including phenoxy) is 5. The lowest BCUT2D eigenvalue weighted by Gasteiger charge is -2.14. The Balaban J connectivity index is 0.000000167. The summed E-state index contributed by atoms with van der Waals surface area (Å²) in [6, 6.07) is 56.1. The highest BCUT2D eigenvalue weighted by molar-refractivity contribution is 14.1. The number of aliphatic hydroxyl groups is 1. The predicted molar refractivity (Wildman–Crippen MR) is 261 cm³/mol. The Bertz CT molecular complexity index is 2730. The summed E-state index contributed by atoms with van der Waals surface area (Å²) in [7, 11) is 2.35. The van der Waals surface area contributed by atoms with Crippen LogP contribution in [0.2, 0.25) is 0 Å². The molecule has 0 aliphatic carbocycles. The van der Waals surface area contributed by atoms with Gasteiger partial charge in [-0.05, 0) is 101 Å². The van der Waals surface area contributed by atoms with Crippen molar-refractivity contribution in [3.63, 3.8) is 0 Å². The summed E-state index contributed by atoms with van der Waals surface area (Å²) in [5, 5.41) is 9.28. The van der Waals surface area contributed by atoms with Crippen LogP contribution in [0.15, 0.2) is 164 Å². The molecule has 2 atom stereocenters. The molecule has 10 heteroatoms. The number of aromatic nitrogens is 2. The smallest absolute Gasteiger partial charge is 0.302 e. The van der Waals surface area contributed by atoms with Crippen LogP contribution in [0, 0.1) is 17.4 Å². The lowest BCUT2D eigenvalue weighted by molar-refractivity contribution is -0.147. The lowest BCUT2D eigenvalue weighted by Crippen LogP contribution is -2.05. The first-order valence-electron chi connectivity index (χ1n) is 20.9. The summed E-state index contributed by atoms with van der Waals surface area (Å²) < 4.78 is 29.1. The van der Waals surface area contributed by atoms with Crippen molar-refractivity contribution in [2.75, 3.05) is 14.2 Å². The molecule has 0 saturated carbocycles. The number of nitrogens with zero attached hydrogens (tertiary/aromatic N) is 2. The molecule has 8 aromatic rings. The number of aryl methyl sites for hydroxylation is 2. The second kappa shape index (κ2) is 24.3. The molecule has 0 saturated heterocycles. The first-order chi connectivity index (χ1) is 31.2. The number of carbonyl (C=O) groups excluding carboxylic acids is 1. The number of aliphatic hydroxyl groups excluding tert-OH is 1. The van der Waals surface area contributed by atoms with Gasteiger partial charge in [0.2, 0.25) is 12.6 Å². The number of methoxy groups -OCH3 is 1. The Kier molecular flexibility index (Phi) is 18.1. The van der Waals surface area contributed by atoms with Crippen LogP contribution in [0.5, 0.6) is 0 Å². The molecule has 9 nitrogen and oxygen atoms in total. The number of hydrogen-bond acceptors (Lipinski definition) is 9. The van der Waals surface area contributed by atoms with Gasteiger partial charge in [0.1, 0.15) is 11.4 Å². The zero-order chi connectivity index (χ0) is 45.3. The fourth-order valence-corrected chi connectivity index (χ4v) is 7.45. The molecule has 10 rings (SSSR count). The van der Waals surface area contributed by atoms with Crippen molar-refractivity contribution < 1.29 is 33.6 Å². The van der Waals surface area contributed by atoms with E-state index in [9.17, 15) is 4.79 Å². The maximum Gasteiger partial charge on any atom is 0.302 e. The summed E-state index contributed by atoms with van der Waals surface area (Å²) in [5.74, 6) is -0.245. The molecule has 0 bridgehead atoms. The minimum absolute atomic E-state index is 0.245. The number of pyridine rings is 2. The quantitative estimate of drug-likeness (QED) is 0.123. The van der Waals surface area contributed by atoms with Gasteiger partial charge in [-0.1, -0.05) is 132 Å². The molecule has 64 heavy (non-hydrogen) atoms. The van der Waals surface area contributed by atoms with Crippen LogP contribution in [0.3, 0.4) is 0 Å². The Labute approximate surface area is 389 Å². The van der Waals surface area contributed by atoms with E-state index in [1.807, 2.05) is 66.7 Å². The highest BCUT2D eigenvalue weighted by Gasteiger charge is 2.27. The first-order valence-corrected chi connectivity index (χ1v) is 21.9. The van der Waals surface area contributed by atoms with Crippen LogP contribution < -0.4 is 0 Å². The van der Waals surface area contributed by atoms with Gasteiger partial charge in [0.15, 0.2) is 0 Å². The summed E-state index contributed by atoms with van der Waals surface area (Å²) in [6.45, 7) is 7.68. The van der Waals surface area contributed by atoms with Gasteiger partial charge >= 0.3 is 5.97 Å². The highest BCUT2D eigenvalue weighted by atomic mass is 127. The van der Waals surface area contributed by atoms with Crippen molar-refractivity contribution in [2.24, 2.45) is 0 Å². The summed E-state index contributed by atoms with van der Waals surface area (Å²) in [5.41, 5.74) is 13.1. The summed E-state index contributed by atoms with van der Waals surface area (Å²) >= 11 is 2.28. The Hall–Kier alpha value is -5.86. The van der Waals surface area contributed by atoms with Crippen LogP contribution in [0.4, 0.5) is 0 Å². The molecular formula is C54H53IN2O7. The molecule has 0 radical (unpaired) electrons. The molecule has 2 unspecified atom stereocenters. The van der Waals surface area contributed by atoms with Gasteiger partial charge in [-0.3, -0.25) is 4.79 Å². The number of benzene rings is 6. The minimum Gasteiger partial charge on any atom is -0.469 e. The first kappa shape index (κ1) is 47.6. The predicted octanol–water partition coefficient (Wildman–Crippen LogP) is 12.3. The molecule has 0 fully saturated rings. The van der Waals surface area contributed by atoms with Gasteiger partial charge in [-0.15, -0.1) is 0 Å². The van der Waals surface area contributed by atoms with E-state index in [0.29, 0.717) is 26.4 Å². The maximum absolute atomic E-state index is 9.59. The molecule has 0 spiro atoms. The molecule has 4 heterocycles. The van der Waals surface area contributed by atoms with E-state index in [4.69, 9.17) is 34.0 Å². The average molecular weight is 969 g/mol. The van der Waals surface area contributed by atoms with E-state index < -0.39 is 6.29 Å². The average Bonchev–Trinajstić information content (AvgIpc) is 3.92. The fraction of sp³-hybridized carbons (Fsp3) is 0.204. The van der Waals surface area contributed by atoms with E-state index in [1.54, 1.807) is 0 Å². The summed E-state index contributed by atoms with van der Waals surface area (Å²) in [4.78, 5) is 19.1. The molecule has 2 aliphatic rings. The highest BCUT2D eigenvalue weighted by Crippen LogP contribution is 2.34. The molecule has 6 aromatic carbocycles. The van der Waals surface area contributed by atoms with Crippen molar-refractivity contribution in [3.8, 4) is 11.1 Å². The largest absolute Gasteiger partial charge is 0.469 e. The second-order valence-electron chi connectivity index (χ2n) is 14.9. The molecule has 2 aromatic heterocycles. The zero-order valence-electron chi connectivity index (χ0n) is 36.7. The van der Waals surface area contributed by atoms with E-state index in [0.717, 1.165) is 62.6 Å². The number of halogens is 1. The van der Waals surface area contributed by atoms with Crippen LogP contribution >= 0.6 is 22.6 Å². The van der Waals surface area contributed by atoms with Gasteiger partial charge < -0.3 is 28.8 Å². The monoisotopic (exact) mass is 968 g/mol. The Morgan fingerprint density at radius 3 is 1.58 bits per heavy atom. The van der Waals surface area contributed by atoms with Gasteiger partial charge in [0.25, 0.3) is 0 Å². The van der Waals surface area contributed by atoms with Gasteiger partial charge in [-0.2, -0.15) is 0 Å². The van der Waals surface area contributed by atoms with E-state index in [1.165, 1.54) is 39.9 Å². The molecule has 1 N–H and O–H groups in total. The third-order valence-corrected chi connectivity index (χ3v) is 10.8. The Morgan fingerprint density at radius 2 is 1.08 bits per heavy atom. The number of rotatable bonds is 7. The second-order valence-corrected chi connectivity index (χ2v) is 16.2. The van der Waals surface area contributed by atoms with Gasteiger partial charge in [0.05, 0.1) is 44.6 Å². The molecule has 328 valence electrons. The topological polar surface area (TPSA) is 109 Å². The third-order valence-electron chi connectivity index (χ3n) is 10.0. The van der Waals surface area contributed by atoms with Crippen molar-refractivity contribution in [2.45, 2.75) is 59.8 Å². The molecule has 2 aliphatic heterocycles. The standard InChI is InChI=1S/C25H21NO2.C19H17NO2.C6H5I.C3H6O2.CH4O/c1-17-11-18(13-21(12-17)19-7-3-2-4-8-19)15-27-25-24-22(16-28-25)14-20-9-5-6-10-23(20)26-24;1-13-5-4-6-14(9-13)11-21-19-18-16(12-22-19)10-15-7-2-3-8-17(15)20-18;7-6-4-2-1-3-5-6;1-3(4)5-2;1-2/h2-14,25H,15-16H2,1H3;2-10,19H,11-12H2,1H3;1-5H;1-2H3;2H,1H3. The fourth-order valence-electron chi connectivity index (χ4n) is 7.03. The van der Waals surface area contributed by atoms with Gasteiger partial charge in [0, 0.05) is 39.5 Å². The van der Waals surface area contributed by atoms with Crippen LogP contribution in [-0.2, 0) is 54.9 Å². The van der Waals surface area contributed by atoms with Crippen molar-refractivity contribution in [1.82, 2.24) is 9.97 Å². The van der Waals surface area contributed by atoms with E-state index >= 15 is 0 Å². The van der Waals surface area contributed by atoms with Crippen LogP contribution in [-0.4, -0.2) is 35.3 Å². The molecular weight excluding hydrogens is 916 g/mol. The number of fused-ring (bicyclic) bond motifs is 4. The number of hydrogen-bond donors (Lipinski definition) is 1. The SMILES string of the molecule is CO.COC(C)=O.Cc1cc(COC2OCc3cc4ccccc4nc32)cc(-c2ccccc2)c1.Cc1cccc(COC2OCc3cc4ccccc4nc32)c1.Ic1ccccc1. The van der Waals surface area contributed by atoms with Crippen molar-refractivity contribution in [1.29, 1.82) is 0 Å². The Morgan fingerprint density at radius 1 is 0.594 bits per heavy atom. The molecule has 0 amide bonds. The van der Waals surface area contributed by atoms with Gasteiger partial charge in [-0.25, -0.2) is 9.97 Å². The van der Waals surface area contributed by atoms with E-state index in [2.05, 4.69) is 138 Å². The van der Waals surface area contributed by atoms with Crippen LogP contribution in [0.25, 0.3) is 32.9 Å². The van der Waals surface area contributed by atoms with Crippen LogP contribution in [0.1, 0.15) is 64.3 Å². The van der Waals surface area contributed by atoms with Crippen molar-refractivity contribution >= 4 is 50.4 Å². The lowest BCUT2D eigenvalue weighted by atomic mass is 10.0. The van der Waals surface area contributed by atoms with Crippen molar-refractivity contribution in [3.05, 3.63) is 212 Å². The third kappa shape index (κ3) is 13.6. The summed E-state index contributed by atoms with van der Waals surface area (Å²) in [6.07, 6.45) is -0.791. The van der Waals surface area contributed by atoms with E-state index in [-0.39, 0.29) is 12.3 Å². The number of para-hydroxylation sites is 2. The minimum atomic E-state index is -0.416. The zero-order valence-corrected chi connectivity index (χ0v) is 38.9. The number of esters is 1. The normalized spacial score (nSPS) is 14.2. The maximum atomic E-state index is 9.59. The number of carbonyl (C=O) groups is 1.